The summed E-state index contributed by atoms with van der Waals surface area (Å²) in [4.78, 5) is 0.333. The zero-order valence-corrected chi connectivity index (χ0v) is 15.4. The van der Waals surface area contributed by atoms with Crippen LogP contribution < -0.4 is 4.74 Å². The molecule has 0 atom stereocenters. The molecule has 0 bridgehead atoms. The number of aryl methyl sites for hydroxylation is 1. The van der Waals surface area contributed by atoms with Gasteiger partial charge in [0.2, 0.25) is 8.87 Å². The Balaban J connectivity index is 1.69. The number of hydrogen-bond donors (Lipinski definition) is 0. The Bertz CT molecular complexity index is 934. The molecular weight excluding hydrogens is 352 g/mol. The fraction of sp³-hybridized carbons (Fsp3) is 0.100. The summed E-state index contributed by atoms with van der Waals surface area (Å²) in [5.41, 5.74) is 1.93. The van der Waals surface area contributed by atoms with Crippen molar-refractivity contribution in [3.63, 3.8) is 0 Å². The maximum absolute atomic E-state index is 12.4. The van der Waals surface area contributed by atoms with E-state index in [0.717, 1.165) is 27.7 Å². The molecule has 0 saturated heterocycles. The summed E-state index contributed by atoms with van der Waals surface area (Å²) < 4.78 is 30.6. The van der Waals surface area contributed by atoms with Crippen molar-refractivity contribution in [2.45, 2.75) is 17.6 Å². The van der Waals surface area contributed by atoms with E-state index in [2.05, 4.69) is 0 Å². The van der Waals surface area contributed by atoms with Gasteiger partial charge in [0.05, 0.1) is 4.90 Å². The fourth-order valence-electron chi connectivity index (χ4n) is 2.24. The average Bonchev–Trinajstić information content (AvgIpc) is 2.62. The van der Waals surface area contributed by atoms with Crippen LogP contribution in [0.2, 0.25) is 0 Å². The van der Waals surface area contributed by atoms with E-state index < -0.39 is 8.87 Å². The van der Waals surface area contributed by atoms with E-state index in [1.54, 1.807) is 12.1 Å². The van der Waals surface area contributed by atoms with Crippen molar-refractivity contribution >= 4 is 19.7 Å². The zero-order valence-electron chi connectivity index (χ0n) is 13.8. The fourth-order valence-corrected chi connectivity index (χ4v) is 4.93. The standard InChI is InChI=1S/C20H18O3S2/c1-16-10-12-20(13-11-16)25(21,22)24-15-17-6-5-9-19(14-17)23-18-7-3-2-4-8-18/h2-14H,15H2,1H3. The highest BCUT2D eigenvalue weighted by molar-refractivity contribution is 8.71. The van der Waals surface area contributed by atoms with Gasteiger partial charge < -0.3 is 4.74 Å². The summed E-state index contributed by atoms with van der Waals surface area (Å²) in [5.74, 6) is 1.80. The largest absolute Gasteiger partial charge is 0.457 e. The van der Waals surface area contributed by atoms with Gasteiger partial charge in [-0.25, -0.2) is 8.42 Å². The van der Waals surface area contributed by atoms with E-state index in [0.29, 0.717) is 16.4 Å². The summed E-state index contributed by atoms with van der Waals surface area (Å²) in [6.45, 7) is 1.93. The minimum Gasteiger partial charge on any atom is -0.457 e. The third kappa shape index (κ3) is 4.87. The number of rotatable bonds is 6. The van der Waals surface area contributed by atoms with Crippen LogP contribution >= 0.6 is 10.8 Å². The lowest BCUT2D eigenvalue weighted by atomic mass is 10.2. The highest BCUT2D eigenvalue weighted by Gasteiger charge is 2.15. The maximum atomic E-state index is 12.4. The van der Waals surface area contributed by atoms with Crippen molar-refractivity contribution in [2.75, 3.05) is 0 Å². The van der Waals surface area contributed by atoms with Gasteiger partial charge in [0.25, 0.3) is 0 Å². The van der Waals surface area contributed by atoms with Gasteiger partial charge in [-0.2, -0.15) is 0 Å². The molecule has 0 N–H and O–H groups in total. The summed E-state index contributed by atoms with van der Waals surface area (Å²) in [6.07, 6.45) is 0. The SMILES string of the molecule is Cc1ccc(S(=O)(=O)SCc2cccc(Oc3ccccc3)c2)cc1. The topological polar surface area (TPSA) is 43.4 Å². The molecule has 0 unspecified atom stereocenters. The zero-order chi connectivity index (χ0) is 17.7. The van der Waals surface area contributed by atoms with Crippen LogP contribution in [0.15, 0.2) is 83.8 Å². The Hall–Kier alpha value is -2.24. The molecule has 0 amide bonds. The molecule has 3 nitrogen and oxygen atoms in total. The Morgan fingerprint density at radius 2 is 1.52 bits per heavy atom. The Morgan fingerprint density at radius 1 is 0.840 bits per heavy atom. The van der Waals surface area contributed by atoms with Crippen LogP contribution in [0.4, 0.5) is 0 Å². The minimum atomic E-state index is -3.37. The molecule has 0 spiro atoms. The predicted octanol–water partition coefficient (Wildman–Crippen LogP) is 5.41. The van der Waals surface area contributed by atoms with E-state index in [-0.39, 0.29) is 0 Å². The van der Waals surface area contributed by atoms with Gasteiger partial charge in [0, 0.05) is 5.75 Å². The molecule has 0 aliphatic heterocycles. The van der Waals surface area contributed by atoms with Crippen molar-refractivity contribution in [2.24, 2.45) is 0 Å². The van der Waals surface area contributed by atoms with Crippen molar-refractivity contribution in [1.29, 1.82) is 0 Å². The first-order valence-electron chi connectivity index (χ1n) is 7.81. The van der Waals surface area contributed by atoms with Crippen molar-refractivity contribution in [3.05, 3.63) is 90.0 Å². The molecule has 0 aliphatic rings. The third-order valence-electron chi connectivity index (χ3n) is 3.57. The Labute approximate surface area is 152 Å². The number of ether oxygens (including phenoxy) is 1. The predicted molar refractivity (Wildman–Crippen MR) is 103 cm³/mol. The first-order chi connectivity index (χ1) is 12.0. The van der Waals surface area contributed by atoms with E-state index in [4.69, 9.17) is 4.74 Å². The van der Waals surface area contributed by atoms with Crippen LogP contribution in [0.3, 0.4) is 0 Å². The lowest BCUT2D eigenvalue weighted by Crippen LogP contribution is -1.96. The van der Waals surface area contributed by atoms with Crippen molar-refractivity contribution in [1.82, 2.24) is 0 Å². The first-order valence-corrected chi connectivity index (χ1v) is 10.8. The Morgan fingerprint density at radius 3 is 2.24 bits per heavy atom. The summed E-state index contributed by atoms with van der Waals surface area (Å²) in [7, 11) is -2.45. The normalized spacial score (nSPS) is 11.2. The lowest BCUT2D eigenvalue weighted by molar-refractivity contribution is 0.482. The third-order valence-corrected chi connectivity index (χ3v) is 7.04. The van der Waals surface area contributed by atoms with Gasteiger partial charge in [0.15, 0.2) is 0 Å². The van der Waals surface area contributed by atoms with Crippen LogP contribution in [0.25, 0.3) is 0 Å². The van der Waals surface area contributed by atoms with Crippen LogP contribution in [0.5, 0.6) is 11.5 Å². The van der Waals surface area contributed by atoms with Gasteiger partial charge in [-0.15, -0.1) is 0 Å². The van der Waals surface area contributed by atoms with Crippen LogP contribution in [-0.2, 0) is 14.6 Å². The molecule has 0 aliphatic carbocycles. The lowest BCUT2D eigenvalue weighted by Gasteiger charge is -2.08. The second-order valence-electron chi connectivity index (χ2n) is 5.59. The number of benzene rings is 3. The van der Waals surface area contributed by atoms with Crippen molar-refractivity contribution in [3.8, 4) is 11.5 Å². The highest BCUT2D eigenvalue weighted by Crippen LogP contribution is 2.29. The van der Waals surface area contributed by atoms with Gasteiger partial charge in [-0.05, 0) is 59.7 Å². The molecule has 25 heavy (non-hydrogen) atoms. The molecule has 0 saturated carbocycles. The summed E-state index contributed by atoms with van der Waals surface area (Å²) >= 11 is 0. The summed E-state index contributed by atoms with van der Waals surface area (Å²) in [5, 5.41) is 0. The van der Waals surface area contributed by atoms with Gasteiger partial charge in [0.1, 0.15) is 11.5 Å². The molecular formula is C20H18O3S2. The van der Waals surface area contributed by atoms with Crippen LogP contribution in [0.1, 0.15) is 11.1 Å². The van der Waals surface area contributed by atoms with E-state index >= 15 is 0 Å². The number of hydrogen-bond acceptors (Lipinski definition) is 4. The maximum Gasteiger partial charge on any atom is 0.230 e. The molecule has 3 aromatic rings. The smallest absolute Gasteiger partial charge is 0.230 e. The van der Waals surface area contributed by atoms with Crippen molar-refractivity contribution < 1.29 is 13.2 Å². The molecule has 5 heteroatoms. The molecule has 128 valence electrons. The molecule has 0 aromatic heterocycles. The second kappa shape index (κ2) is 7.76. The molecule has 0 heterocycles. The number of para-hydroxylation sites is 1. The molecule has 3 aromatic carbocycles. The monoisotopic (exact) mass is 370 g/mol. The van der Waals surface area contributed by atoms with Gasteiger partial charge in [-0.3, -0.25) is 0 Å². The Kier molecular flexibility index (Phi) is 5.46. The van der Waals surface area contributed by atoms with Crippen LogP contribution in [0, 0.1) is 6.92 Å². The van der Waals surface area contributed by atoms with E-state index in [1.165, 1.54) is 0 Å². The van der Waals surface area contributed by atoms with E-state index in [1.807, 2.05) is 73.7 Å². The second-order valence-corrected chi connectivity index (χ2v) is 9.52. The van der Waals surface area contributed by atoms with Gasteiger partial charge in [-0.1, -0.05) is 48.0 Å². The molecule has 3 rings (SSSR count). The molecule has 0 radical (unpaired) electrons. The van der Waals surface area contributed by atoms with E-state index in [9.17, 15) is 8.42 Å². The highest BCUT2D eigenvalue weighted by atomic mass is 33.1. The molecule has 0 fully saturated rings. The first kappa shape index (κ1) is 17.6. The quantitative estimate of drug-likeness (QED) is 0.544. The van der Waals surface area contributed by atoms with Gasteiger partial charge >= 0.3 is 0 Å². The summed E-state index contributed by atoms with van der Waals surface area (Å²) in [6, 6.07) is 23.9. The van der Waals surface area contributed by atoms with Crippen LogP contribution in [-0.4, -0.2) is 8.42 Å². The average molecular weight is 370 g/mol. The minimum absolute atomic E-state index is 0.333.